The van der Waals surface area contributed by atoms with Crippen LogP contribution in [0, 0.1) is 0 Å². The predicted octanol–water partition coefficient (Wildman–Crippen LogP) is 3.32. The normalized spacial score (nSPS) is 10.6. The van der Waals surface area contributed by atoms with Crippen molar-refractivity contribution in [2.75, 3.05) is 25.6 Å². The number of benzene rings is 2. The van der Waals surface area contributed by atoms with Crippen molar-refractivity contribution >= 4 is 16.7 Å². The van der Waals surface area contributed by atoms with Crippen LogP contribution >= 0.6 is 0 Å². The number of anilines is 1. The molecule has 0 aliphatic rings. The van der Waals surface area contributed by atoms with Crippen LogP contribution in [0.5, 0.6) is 5.75 Å². The van der Waals surface area contributed by atoms with E-state index in [0.29, 0.717) is 0 Å². The Labute approximate surface area is 130 Å². The molecule has 0 unspecified atom stereocenters. The van der Waals surface area contributed by atoms with Crippen molar-refractivity contribution in [3.05, 3.63) is 60.4 Å². The molecule has 2 aromatic carbocycles. The van der Waals surface area contributed by atoms with E-state index in [2.05, 4.69) is 40.1 Å². The SMILES string of the molecule is COc1ccc(CCN(C)c2ncnc3ccccc23)cc1. The molecule has 3 rings (SSSR count). The minimum absolute atomic E-state index is 0.888. The molecule has 0 bridgehead atoms. The summed E-state index contributed by atoms with van der Waals surface area (Å²) in [4.78, 5) is 10.9. The lowest BCUT2D eigenvalue weighted by Crippen LogP contribution is -2.21. The molecule has 0 spiro atoms. The van der Waals surface area contributed by atoms with Gasteiger partial charge in [-0.15, -0.1) is 0 Å². The van der Waals surface area contributed by atoms with Crippen molar-refractivity contribution < 1.29 is 4.74 Å². The van der Waals surface area contributed by atoms with Gasteiger partial charge in [-0.05, 0) is 36.2 Å². The van der Waals surface area contributed by atoms with Gasteiger partial charge in [0.25, 0.3) is 0 Å². The van der Waals surface area contributed by atoms with E-state index in [0.717, 1.165) is 35.4 Å². The number of methoxy groups -OCH3 is 1. The highest BCUT2D eigenvalue weighted by molar-refractivity contribution is 5.89. The summed E-state index contributed by atoms with van der Waals surface area (Å²) >= 11 is 0. The zero-order valence-corrected chi connectivity index (χ0v) is 12.9. The van der Waals surface area contributed by atoms with Crippen LogP contribution in [-0.2, 0) is 6.42 Å². The van der Waals surface area contributed by atoms with Crippen LogP contribution in [0.25, 0.3) is 10.9 Å². The van der Waals surface area contributed by atoms with Crippen LogP contribution in [0.2, 0.25) is 0 Å². The smallest absolute Gasteiger partial charge is 0.139 e. The maximum atomic E-state index is 5.18. The Kier molecular flexibility index (Phi) is 4.19. The Morgan fingerprint density at radius 3 is 2.55 bits per heavy atom. The first-order valence-corrected chi connectivity index (χ1v) is 7.32. The van der Waals surface area contributed by atoms with Gasteiger partial charge in [0.05, 0.1) is 12.6 Å². The summed E-state index contributed by atoms with van der Waals surface area (Å²) < 4.78 is 5.18. The largest absolute Gasteiger partial charge is 0.497 e. The van der Waals surface area contributed by atoms with E-state index in [4.69, 9.17) is 4.74 Å². The van der Waals surface area contributed by atoms with Crippen molar-refractivity contribution in [1.82, 2.24) is 9.97 Å². The Hall–Kier alpha value is -2.62. The lowest BCUT2D eigenvalue weighted by molar-refractivity contribution is 0.414. The minimum atomic E-state index is 0.888. The van der Waals surface area contributed by atoms with Crippen LogP contribution in [0.4, 0.5) is 5.82 Å². The lowest BCUT2D eigenvalue weighted by atomic mass is 10.1. The second-order valence-corrected chi connectivity index (χ2v) is 5.23. The molecule has 0 saturated carbocycles. The third-order valence-electron chi connectivity index (χ3n) is 3.78. The fourth-order valence-corrected chi connectivity index (χ4v) is 2.49. The molecule has 0 aliphatic carbocycles. The standard InChI is InChI=1S/C18H19N3O/c1-21(12-11-14-7-9-15(22-2)10-8-14)18-16-5-3-4-6-17(16)19-13-20-18/h3-10,13H,11-12H2,1-2H3. The molecule has 1 heterocycles. The highest BCUT2D eigenvalue weighted by atomic mass is 16.5. The fraction of sp³-hybridized carbons (Fsp3) is 0.222. The van der Waals surface area contributed by atoms with E-state index in [9.17, 15) is 0 Å². The van der Waals surface area contributed by atoms with E-state index in [-0.39, 0.29) is 0 Å². The quantitative estimate of drug-likeness (QED) is 0.723. The number of ether oxygens (including phenoxy) is 1. The number of aromatic nitrogens is 2. The van der Waals surface area contributed by atoms with Gasteiger partial charge in [-0.3, -0.25) is 0 Å². The first-order chi connectivity index (χ1) is 10.8. The third-order valence-corrected chi connectivity index (χ3v) is 3.78. The summed E-state index contributed by atoms with van der Waals surface area (Å²) in [6.07, 6.45) is 2.58. The lowest BCUT2D eigenvalue weighted by Gasteiger charge is -2.19. The summed E-state index contributed by atoms with van der Waals surface area (Å²) in [5.41, 5.74) is 2.26. The van der Waals surface area contributed by atoms with Crippen LogP contribution in [0.3, 0.4) is 0 Å². The first kappa shape index (κ1) is 14.3. The van der Waals surface area contributed by atoms with Gasteiger partial charge < -0.3 is 9.64 Å². The average molecular weight is 293 g/mol. The van der Waals surface area contributed by atoms with Gasteiger partial charge in [0.2, 0.25) is 0 Å². The maximum absolute atomic E-state index is 5.18. The van der Waals surface area contributed by atoms with Crippen molar-refractivity contribution in [1.29, 1.82) is 0 Å². The molecule has 3 aromatic rings. The zero-order valence-electron chi connectivity index (χ0n) is 12.9. The van der Waals surface area contributed by atoms with E-state index in [1.165, 1.54) is 5.56 Å². The second kappa shape index (κ2) is 6.43. The molecular formula is C18H19N3O. The predicted molar refractivity (Wildman–Crippen MR) is 89.5 cm³/mol. The molecular weight excluding hydrogens is 274 g/mol. The molecule has 0 atom stereocenters. The van der Waals surface area contributed by atoms with Crippen molar-refractivity contribution in [3.8, 4) is 5.75 Å². The summed E-state index contributed by atoms with van der Waals surface area (Å²) in [6.45, 7) is 0.896. The van der Waals surface area contributed by atoms with Crippen molar-refractivity contribution in [3.63, 3.8) is 0 Å². The Balaban J connectivity index is 1.74. The van der Waals surface area contributed by atoms with Crippen LogP contribution in [0.1, 0.15) is 5.56 Å². The van der Waals surface area contributed by atoms with Gasteiger partial charge in [-0.2, -0.15) is 0 Å². The molecule has 112 valence electrons. The Morgan fingerprint density at radius 2 is 1.77 bits per heavy atom. The molecule has 0 fully saturated rings. The number of hydrogen-bond donors (Lipinski definition) is 0. The Bertz CT molecular complexity index is 750. The maximum Gasteiger partial charge on any atom is 0.139 e. The molecule has 0 aliphatic heterocycles. The number of likely N-dealkylation sites (N-methyl/N-ethyl adjacent to an activating group) is 1. The molecule has 22 heavy (non-hydrogen) atoms. The number of fused-ring (bicyclic) bond motifs is 1. The van der Waals surface area contributed by atoms with E-state index in [1.54, 1.807) is 13.4 Å². The number of hydrogen-bond acceptors (Lipinski definition) is 4. The minimum Gasteiger partial charge on any atom is -0.497 e. The molecule has 0 N–H and O–H groups in total. The van der Waals surface area contributed by atoms with Gasteiger partial charge >= 0.3 is 0 Å². The molecule has 0 amide bonds. The summed E-state index contributed by atoms with van der Waals surface area (Å²) in [5, 5.41) is 1.09. The number of nitrogens with zero attached hydrogens (tertiary/aromatic N) is 3. The fourth-order valence-electron chi connectivity index (χ4n) is 2.49. The zero-order chi connectivity index (χ0) is 15.4. The monoisotopic (exact) mass is 293 g/mol. The van der Waals surface area contributed by atoms with Gasteiger partial charge in [0, 0.05) is 19.0 Å². The number of rotatable bonds is 5. The van der Waals surface area contributed by atoms with Crippen molar-refractivity contribution in [2.45, 2.75) is 6.42 Å². The molecule has 4 nitrogen and oxygen atoms in total. The second-order valence-electron chi connectivity index (χ2n) is 5.23. The summed E-state index contributed by atoms with van der Waals surface area (Å²) in [5.74, 6) is 1.86. The van der Waals surface area contributed by atoms with Crippen LogP contribution in [-0.4, -0.2) is 30.7 Å². The highest BCUT2D eigenvalue weighted by Crippen LogP contribution is 2.21. The average Bonchev–Trinajstić information content (AvgIpc) is 2.59. The van der Waals surface area contributed by atoms with Crippen LogP contribution < -0.4 is 9.64 Å². The topological polar surface area (TPSA) is 38.2 Å². The molecule has 0 saturated heterocycles. The van der Waals surface area contributed by atoms with Gasteiger partial charge in [-0.25, -0.2) is 9.97 Å². The van der Waals surface area contributed by atoms with E-state index < -0.39 is 0 Å². The van der Waals surface area contributed by atoms with E-state index >= 15 is 0 Å². The summed E-state index contributed by atoms with van der Waals surface area (Å²) in [7, 11) is 3.75. The van der Waals surface area contributed by atoms with E-state index in [1.807, 2.05) is 30.3 Å². The summed E-state index contributed by atoms with van der Waals surface area (Å²) in [6, 6.07) is 16.3. The van der Waals surface area contributed by atoms with Crippen molar-refractivity contribution in [2.24, 2.45) is 0 Å². The third kappa shape index (κ3) is 3.01. The molecule has 1 aromatic heterocycles. The Morgan fingerprint density at radius 1 is 1.00 bits per heavy atom. The first-order valence-electron chi connectivity index (χ1n) is 7.32. The van der Waals surface area contributed by atoms with Gasteiger partial charge in [0.1, 0.15) is 17.9 Å². The van der Waals surface area contributed by atoms with Crippen LogP contribution in [0.15, 0.2) is 54.9 Å². The van der Waals surface area contributed by atoms with Gasteiger partial charge in [0.15, 0.2) is 0 Å². The highest BCUT2D eigenvalue weighted by Gasteiger charge is 2.08. The van der Waals surface area contributed by atoms with Gasteiger partial charge in [-0.1, -0.05) is 24.3 Å². The molecule has 0 radical (unpaired) electrons. The number of para-hydroxylation sites is 1. The molecule has 4 heteroatoms.